The normalized spacial score (nSPS) is 20.2. The largest absolute Gasteiger partial charge is 0.384 e. The van der Waals surface area contributed by atoms with Crippen LogP contribution in [0.15, 0.2) is 64.4 Å². The third-order valence-corrected chi connectivity index (χ3v) is 5.94. The molecule has 0 fully saturated rings. The van der Waals surface area contributed by atoms with Crippen LogP contribution in [-0.2, 0) is 4.79 Å². The number of carbonyl (C=O) groups is 1. The number of nitriles is 1. The van der Waals surface area contributed by atoms with Crippen LogP contribution in [0.1, 0.15) is 35.6 Å². The minimum atomic E-state index is -0.344. The molecule has 2 heterocycles. The number of allylic oxidation sites excluding steroid dienone is 3. The molecule has 1 unspecified atom stereocenters. The molecule has 4 nitrogen and oxygen atoms in total. The van der Waals surface area contributed by atoms with Gasteiger partial charge in [-0.3, -0.25) is 9.69 Å². The van der Waals surface area contributed by atoms with Gasteiger partial charge < -0.3 is 5.73 Å². The van der Waals surface area contributed by atoms with Crippen LogP contribution in [0, 0.1) is 18.3 Å². The van der Waals surface area contributed by atoms with E-state index in [0.717, 1.165) is 40.2 Å². The minimum Gasteiger partial charge on any atom is -0.384 e. The molecule has 2 N–H and O–H groups in total. The summed E-state index contributed by atoms with van der Waals surface area (Å²) in [4.78, 5) is 15.8. The number of carbonyl (C=O) groups excluding carboxylic acids is 1. The quantitative estimate of drug-likeness (QED) is 0.863. The van der Waals surface area contributed by atoms with E-state index >= 15 is 0 Å². The molecule has 0 spiro atoms. The van der Waals surface area contributed by atoms with Crippen molar-refractivity contribution in [3.8, 4) is 6.07 Å². The zero-order chi connectivity index (χ0) is 18.3. The molecule has 130 valence electrons. The first-order chi connectivity index (χ1) is 12.6. The lowest BCUT2D eigenvalue weighted by Gasteiger charge is -2.39. The lowest BCUT2D eigenvalue weighted by molar-refractivity contribution is -0.116. The average molecular weight is 361 g/mol. The minimum absolute atomic E-state index is 0.127. The van der Waals surface area contributed by atoms with E-state index in [-0.39, 0.29) is 11.7 Å². The van der Waals surface area contributed by atoms with Gasteiger partial charge in [-0.2, -0.15) is 5.26 Å². The molecule has 5 heteroatoms. The van der Waals surface area contributed by atoms with Crippen LogP contribution >= 0.6 is 11.3 Å². The monoisotopic (exact) mass is 361 g/mol. The predicted molar refractivity (Wildman–Crippen MR) is 103 cm³/mol. The number of benzene rings is 1. The molecule has 26 heavy (non-hydrogen) atoms. The van der Waals surface area contributed by atoms with Crippen LogP contribution in [0.3, 0.4) is 0 Å². The highest BCUT2D eigenvalue weighted by Gasteiger charge is 2.40. The van der Waals surface area contributed by atoms with Gasteiger partial charge in [0.15, 0.2) is 5.78 Å². The molecule has 0 amide bonds. The van der Waals surface area contributed by atoms with Crippen LogP contribution < -0.4 is 10.6 Å². The molecular formula is C21H19N3OS. The van der Waals surface area contributed by atoms with E-state index in [1.54, 1.807) is 11.3 Å². The van der Waals surface area contributed by atoms with Crippen molar-refractivity contribution in [3.63, 3.8) is 0 Å². The Kier molecular flexibility index (Phi) is 4.14. The van der Waals surface area contributed by atoms with Gasteiger partial charge in [0.25, 0.3) is 0 Å². The summed E-state index contributed by atoms with van der Waals surface area (Å²) in [6.07, 6.45) is 2.13. The Labute approximate surface area is 156 Å². The van der Waals surface area contributed by atoms with Gasteiger partial charge in [-0.15, -0.1) is 11.3 Å². The zero-order valence-corrected chi connectivity index (χ0v) is 15.3. The standard InChI is InChI=1S/C21H19N3OS/c1-13-5-2-6-14(11-13)24-16-7-3-8-17(25)20(16)19(15(12-22)21(24)23)18-9-4-10-26-18/h2,4-6,9-11,19H,3,7-8,23H2,1H3. The van der Waals surface area contributed by atoms with Gasteiger partial charge in [-0.05, 0) is 48.9 Å². The number of aryl methyl sites for hydroxylation is 1. The molecule has 0 saturated heterocycles. The number of rotatable bonds is 2. The molecule has 1 aliphatic heterocycles. The number of hydrogen-bond acceptors (Lipinski definition) is 5. The average Bonchev–Trinajstić information content (AvgIpc) is 3.15. The molecule has 0 bridgehead atoms. The molecule has 0 saturated carbocycles. The van der Waals surface area contributed by atoms with Crippen molar-refractivity contribution in [3.05, 3.63) is 74.9 Å². The molecule has 4 rings (SSSR count). The molecule has 1 aliphatic carbocycles. The van der Waals surface area contributed by atoms with E-state index in [1.165, 1.54) is 0 Å². The Bertz CT molecular complexity index is 979. The predicted octanol–water partition coefficient (Wildman–Crippen LogP) is 4.36. The van der Waals surface area contributed by atoms with Gasteiger partial charge in [0.1, 0.15) is 5.82 Å². The lowest BCUT2D eigenvalue weighted by atomic mass is 9.78. The summed E-state index contributed by atoms with van der Waals surface area (Å²) in [7, 11) is 0. The van der Waals surface area contributed by atoms with Crippen LogP contribution in [-0.4, -0.2) is 5.78 Å². The van der Waals surface area contributed by atoms with E-state index in [0.29, 0.717) is 17.8 Å². The first kappa shape index (κ1) is 16.6. The Balaban J connectivity index is 1.98. The maximum absolute atomic E-state index is 12.9. The van der Waals surface area contributed by atoms with E-state index in [9.17, 15) is 10.1 Å². The van der Waals surface area contributed by atoms with Crippen molar-refractivity contribution in [2.45, 2.75) is 32.1 Å². The van der Waals surface area contributed by atoms with E-state index in [1.807, 2.05) is 53.6 Å². The fourth-order valence-electron chi connectivity index (χ4n) is 3.89. The number of nitrogens with two attached hydrogens (primary N) is 1. The van der Waals surface area contributed by atoms with Gasteiger partial charge in [0.2, 0.25) is 0 Å². The molecule has 1 aromatic carbocycles. The number of anilines is 1. The van der Waals surface area contributed by atoms with Gasteiger partial charge in [-0.25, -0.2) is 0 Å². The Morgan fingerprint density at radius 1 is 1.27 bits per heavy atom. The first-order valence-electron chi connectivity index (χ1n) is 8.68. The fourth-order valence-corrected chi connectivity index (χ4v) is 4.73. The van der Waals surface area contributed by atoms with Crippen molar-refractivity contribution < 1.29 is 4.79 Å². The molecule has 1 atom stereocenters. The number of ketones is 1. The fraction of sp³-hybridized carbons (Fsp3) is 0.238. The zero-order valence-electron chi connectivity index (χ0n) is 14.5. The second kappa shape index (κ2) is 6.47. The summed E-state index contributed by atoms with van der Waals surface area (Å²) in [5, 5.41) is 11.9. The summed E-state index contributed by atoms with van der Waals surface area (Å²) >= 11 is 1.56. The number of nitrogens with zero attached hydrogens (tertiary/aromatic N) is 2. The van der Waals surface area contributed by atoms with Gasteiger partial charge in [0.05, 0.1) is 17.6 Å². The van der Waals surface area contributed by atoms with E-state index in [2.05, 4.69) is 6.07 Å². The molecule has 2 aromatic rings. The highest BCUT2D eigenvalue weighted by atomic mass is 32.1. The van der Waals surface area contributed by atoms with Crippen LogP contribution in [0.2, 0.25) is 0 Å². The Hall–Kier alpha value is -2.84. The SMILES string of the molecule is Cc1cccc(N2C(N)=C(C#N)C(c3cccs3)C3=C2CCCC3=O)c1. The number of thiophene rings is 1. The summed E-state index contributed by atoms with van der Waals surface area (Å²) in [5.41, 5.74) is 10.7. The Morgan fingerprint density at radius 2 is 2.12 bits per heavy atom. The summed E-state index contributed by atoms with van der Waals surface area (Å²) < 4.78 is 0. The molecule has 1 aromatic heterocycles. The van der Waals surface area contributed by atoms with Gasteiger partial charge in [0, 0.05) is 28.3 Å². The van der Waals surface area contributed by atoms with Crippen LogP contribution in [0.5, 0.6) is 0 Å². The smallest absolute Gasteiger partial charge is 0.161 e. The number of hydrogen-bond donors (Lipinski definition) is 1. The molecule has 2 aliphatic rings. The van der Waals surface area contributed by atoms with Crippen LogP contribution in [0.25, 0.3) is 0 Å². The van der Waals surface area contributed by atoms with E-state index < -0.39 is 0 Å². The highest BCUT2D eigenvalue weighted by Crippen LogP contribution is 2.47. The van der Waals surface area contributed by atoms with Crippen molar-refractivity contribution >= 4 is 22.8 Å². The summed E-state index contributed by atoms with van der Waals surface area (Å²) in [6, 6.07) is 14.2. The third kappa shape index (κ3) is 2.54. The lowest BCUT2D eigenvalue weighted by Crippen LogP contribution is -2.38. The summed E-state index contributed by atoms with van der Waals surface area (Å²) in [5.74, 6) is 0.219. The maximum atomic E-state index is 12.9. The number of Topliss-reactive ketones (excluding diaryl/α,β-unsaturated/α-hetero) is 1. The highest BCUT2D eigenvalue weighted by molar-refractivity contribution is 7.10. The van der Waals surface area contributed by atoms with Gasteiger partial charge in [-0.1, -0.05) is 18.2 Å². The topological polar surface area (TPSA) is 70.1 Å². The maximum Gasteiger partial charge on any atom is 0.161 e. The van der Waals surface area contributed by atoms with Crippen molar-refractivity contribution in [2.75, 3.05) is 4.90 Å². The first-order valence-corrected chi connectivity index (χ1v) is 9.56. The summed E-state index contributed by atoms with van der Waals surface area (Å²) in [6.45, 7) is 2.02. The van der Waals surface area contributed by atoms with Crippen LogP contribution in [0.4, 0.5) is 5.69 Å². The van der Waals surface area contributed by atoms with Crippen molar-refractivity contribution in [1.29, 1.82) is 5.26 Å². The Morgan fingerprint density at radius 3 is 2.81 bits per heavy atom. The second-order valence-electron chi connectivity index (χ2n) is 6.67. The molecule has 0 radical (unpaired) electrons. The van der Waals surface area contributed by atoms with Crippen molar-refractivity contribution in [1.82, 2.24) is 0 Å². The third-order valence-electron chi connectivity index (χ3n) is 5.00. The van der Waals surface area contributed by atoms with Crippen molar-refractivity contribution in [2.24, 2.45) is 5.73 Å². The van der Waals surface area contributed by atoms with E-state index in [4.69, 9.17) is 5.73 Å². The second-order valence-corrected chi connectivity index (χ2v) is 7.65. The van der Waals surface area contributed by atoms with Gasteiger partial charge >= 0.3 is 0 Å². The molecular weight excluding hydrogens is 342 g/mol.